The second-order valence-corrected chi connectivity index (χ2v) is 5.27. The average Bonchev–Trinajstić information content (AvgIpc) is 2.58. The van der Waals surface area contributed by atoms with Gasteiger partial charge in [-0.3, -0.25) is 9.59 Å². The fraction of sp³-hybridized carbons (Fsp3) is 0.389. The number of amides is 1. The van der Waals surface area contributed by atoms with Gasteiger partial charge < -0.3 is 15.2 Å². The number of hydrogen-bond donors (Lipinski definition) is 2. The van der Waals surface area contributed by atoms with E-state index in [9.17, 15) is 14.4 Å². The third-order valence-corrected chi connectivity index (χ3v) is 3.46. The van der Waals surface area contributed by atoms with E-state index in [4.69, 9.17) is 9.84 Å². The maximum absolute atomic E-state index is 12.0. The van der Waals surface area contributed by atoms with Gasteiger partial charge in [-0.1, -0.05) is 12.2 Å². The molecule has 0 bridgehead atoms. The lowest BCUT2D eigenvalue weighted by Gasteiger charge is -2.12. The van der Waals surface area contributed by atoms with Gasteiger partial charge in [-0.15, -0.1) is 0 Å². The molecule has 1 aromatic carbocycles. The quantitative estimate of drug-likeness (QED) is 0.507. The number of aliphatic carboxylic acids is 1. The van der Waals surface area contributed by atoms with Crippen LogP contribution in [-0.4, -0.2) is 35.9 Å². The van der Waals surface area contributed by atoms with Gasteiger partial charge in [0.15, 0.2) is 5.78 Å². The number of carbonyl (C=O) groups excluding carboxylic acids is 2. The zero-order chi connectivity index (χ0) is 17.9. The molecule has 1 atom stereocenters. The number of allylic oxidation sites excluding steroid dienone is 1. The minimum Gasteiger partial charge on any atom is -0.497 e. The van der Waals surface area contributed by atoms with E-state index in [0.717, 1.165) is 0 Å². The van der Waals surface area contributed by atoms with Crippen LogP contribution >= 0.6 is 0 Å². The SMILES string of the molecule is C/C=C/CC(NC(=O)CCCC(=O)c1ccc(OC)cc1)C(=O)O. The van der Waals surface area contributed by atoms with Crippen molar-refractivity contribution in [2.45, 2.75) is 38.6 Å². The molecule has 0 spiro atoms. The number of methoxy groups -OCH3 is 1. The van der Waals surface area contributed by atoms with E-state index in [1.165, 1.54) is 0 Å². The van der Waals surface area contributed by atoms with E-state index < -0.39 is 12.0 Å². The number of ketones is 1. The van der Waals surface area contributed by atoms with Crippen LogP contribution in [0.1, 0.15) is 43.0 Å². The monoisotopic (exact) mass is 333 g/mol. The van der Waals surface area contributed by atoms with Crippen molar-refractivity contribution in [1.29, 1.82) is 0 Å². The summed E-state index contributed by atoms with van der Waals surface area (Å²) in [6.45, 7) is 1.78. The summed E-state index contributed by atoms with van der Waals surface area (Å²) in [5.74, 6) is -0.828. The van der Waals surface area contributed by atoms with E-state index in [0.29, 0.717) is 17.7 Å². The lowest BCUT2D eigenvalue weighted by molar-refractivity contribution is -0.141. The molecule has 0 aliphatic rings. The van der Waals surface area contributed by atoms with Crippen molar-refractivity contribution >= 4 is 17.7 Å². The number of ether oxygens (including phenoxy) is 1. The number of hydrogen-bond acceptors (Lipinski definition) is 4. The van der Waals surface area contributed by atoms with Crippen LogP contribution in [0.15, 0.2) is 36.4 Å². The summed E-state index contributed by atoms with van der Waals surface area (Å²) in [5.41, 5.74) is 0.563. The van der Waals surface area contributed by atoms with Crippen LogP contribution in [0.25, 0.3) is 0 Å². The molecule has 0 aromatic heterocycles. The van der Waals surface area contributed by atoms with Gasteiger partial charge in [0.25, 0.3) is 0 Å². The Morgan fingerprint density at radius 3 is 2.42 bits per heavy atom. The lowest BCUT2D eigenvalue weighted by atomic mass is 10.0. The Bertz CT molecular complexity index is 592. The largest absolute Gasteiger partial charge is 0.497 e. The molecule has 6 nitrogen and oxygen atoms in total. The summed E-state index contributed by atoms with van der Waals surface area (Å²) in [7, 11) is 1.55. The first-order valence-corrected chi connectivity index (χ1v) is 7.78. The van der Waals surface area contributed by atoms with Crippen LogP contribution in [0.5, 0.6) is 5.75 Å². The maximum Gasteiger partial charge on any atom is 0.326 e. The minimum atomic E-state index is -1.07. The Hall–Kier alpha value is -2.63. The number of carboxylic acid groups (broad SMARTS) is 1. The predicted octanol–water partition coefficient (Wildman–Crippen LogP) is 2.58. The first kappa shape index (κ1) is 19.4. The van der Waals surface area contributed by atoms with Gasteiger partial charge in [-0.2, -0.15) is 0 Å². The molecule has 1 unspecified atom stereocenters. The number of carboxylic acids is 1. The highest BCUT2D eigenvalue weighted by molar-refractivity contribution is 5.96. The molecule has 0 heterocycles. The van der Waals surface area contributed by atoms with Crippen LogP contribution in [0.4, 0.5) is 0 Å². The van der Waals surface area contributed by atoms with Gasteiger partial charge in [0.1, 0.15) is 11.8 Å². The van der Waals surface area contributed by atoms with Crippen LogP contribution in [0.3, 0.4) is 0 Å². The zero-order valence-corrected chi connectivity index (χ0v) is 14.0. The minimum absolute atomic E-state index is 0.0610. The highest BCUT2D eigenvalue weighted by Crippen LogP contribution is 2.13. The Balaban J connectivity index is 2.40. The highest BCUT2D eigenvalue weighted by atomic mass is 16.5. The first-order chi connectivity index (χ1) is 11.5. The van der Waals surface area contributed by atoms with Crippen molar-refractivity contribution < 1.29 is 24.2 Å². The van der Waals surface area contributed by atoms with Gasteiger partial charge in [-0.25, -0.2) is 4.79 Å². The average molecular weight is 333 g/mol. The fourth-order valence-corrected chi connectivity index (χ4v) is 2.09. The summed E-state index contributed by atoms with van der Waals surface area (Å²) in [6.07, 6.45) is 4.37. The Morgan fingerprint density at radius 2 is 1.88 bits per heavy atom. The van der Waals surface area contributed by atoms with Crippen LogP contribution in [0.2, 0.25) is 0 Å². The van der Waals surface area contributed by atoms with E-state index >= 15 is 0 Å². The molecule has 0 aliphatic carbocycles. The van der Waals surface area contributed by atoms with E-state index in [1.54, 1.807) is 50.5 Å². The van der Waals surface area contributed by atoms with E-state index in [-0.39, 0.29) is 31.0 Å². The van der Waals surface area contributed by atoms with E-state index in [1.807, 2.05) is 0 Å². The number of carbonyl (C=O) groups is 3. The Labute approximate surface area is 141 Å². The maximum atomic E-state index is 12.0. The van der Waals surface area contributed by atoms with Crippen molar-refractivity contribution in [2.24, 2.45) is 0 Å². The summed E-state index contributed by atoms with van der Waals surface area (Å²) in [6, 6.07) is 5.83. The molecule has 130 valence electrons. The van der Waals surface area contributed by atoms with Crippen molar-refractivity contribution in [1.82, 2.24) is 5.32 Å². The zero-order valence-electron chi connectivity index (χ0n) is 14.0. The lowest BCUT2D eigenvalue weighted by Crippen LogP contribution is -2.40. The number of nitrogens with one attached hydrogen (secondary N) is 1. The summed E-state index contributed by atoms with van der Waals surface area (Å²) < 4.78 is 5.03. The van der Waals surface area contributed by atoms with Gasteiger partial charge >= 0.3 is 5.97 Å². The standard InChI is InChI=1S/C18H23NO5/c1-3-4-6-15(18(22)23)19-17(21)8-5-7-16(20)13-9-11-14(24-2)12-10-13/h3-4,9-12,15H,5-8H2,1-2H3,(H,19,21)(H,22,23)/b4-3+. The molecule has 0 fully saturated rings. The van der Waals surface area contributed by atoms with Gasteiger partial charge in [0.05, 0.1) is 7.11 Å². The third kappa shape index (κ3) is 6.64. The van der Waals surface area contributed by atoms with Crippen molar-refractivity contribution in [2.75, 3.05) is 7.11 Å². The Kier molecular flexibility index (Phi) is 8.25. The van der Waals surface area contributed by atoms with Crippen LogP contribution < -0.4 is 10.1 Å². The van der Waals surface area contributed by atoms with Crippen LogP contribution in [-0.2, 0) is 9.59 Å². The molecule has 1 aromatic rings. The summed E-state index contributed by atoms with van der Waals surface area (Å²) >= 11 is 0. The molecule has 0 aliphatic heterocycles. The third-order valence-electron chi connectivity index (χ3n) is 3.46. The summed E-state index contributed by atoms with van der Waals surface area (Å²) in [4.78, 5) is 34.9. The molecular formula is C18H23NO5. The van der Waals surface area contributed by atoms with Gasteiger partial charge in [0.2, 0.25) is 5.91 Å². The first-order valence-electron chi connectivity index (χ1n) is 7.78. The molecule has 0 saturated carbocycles. The molecule has 1 amide bonds. The van der Waals surface area contributed by atoms with Gasteiger partial charge in [0, 0.05) is 18.4 Å². The fourth-order valence-electron chi connectivity index (χ4n) is 2.09. The number of Topliss-reactive ketones (excluding diaryl/α,β-unsaturated/α-hetero) is 1. The molecule has 6 heteroatoms. The molecule has 24 heavy (non-hydrogen) atoms. The van der Waals surface area contributed by atoms with Crippen molar-refractivity contribution in [3.05, 3.63) is 42.0 Å². The Morgan fingerprint density at radius 1 is 1.21 bits per heavy atom. The molecule has 2 N–H and O–H groups in total. The van der Waals surface area contributed by atoms with E-state index in [2.05, 4.69) is 5.32 Å². The van der Waals surface area contributed by atoms with Crippen molar-refractivity contribution in [3.8, 4) is 5.75 Å². The molecule has 0 radical (unpaired) electrons. The van der Waals surface area contributed by atoms with Crippen LogP contribution in [0, 0.1) is 0 Å². The number of rotatable bonds is 10. The summed E-state index contributed by atoms with van der Waals surface area (Å²) in [5, 5.41) is 11.5. The number of benzene rings is 1. The molecule has 0 saturated heterocycles. The smallest absolute Gasteiger partial charge is 0.326 e. The highest BCUT2D eigenvalue weighted by Gasteiger charge is 2.18. The molecule has 1 rings (SSSR count). The topological polar surface area (TPSA) is 92.7 Å². The molecular weight excluding hydrogens is 310 g/mol. The second-order valence-electron chi connectivity index (χ2n) is 5.27. The normalized spacial score (nSPS) is 11.9. The van der Waals surface area contributed by atoms with Crippen molar-refractivity contribution in [3.63, 3.8) is 0 Å². The van der Waals surface area contributed by atoms with Gasteiger partial charge in [-0.05, 0) is 44.0 Å². The second kappa shape index (κ2) is 10.2. The predicted molar refractivity (Wildman–Crippen MR) is 90.2 cm³/mol.